The third kappa shape index (κ3) is 2.95. The summed E-state index contributed by atoms with van der Waals surface area (Å²) in [5.41, 5.74) is 2.47. The van der Waals surface area contributed by atoms with Gasteiger partial charge in [0.2, 0.25) is 0 Å². The van der Waals surface area contributed by atoms with Crippen LogP contribution in [0.5, 0.6) is 0 Å². The molecule has 2 unspecified atom stereocenters. The van der Waals surface area contributed by atoms with Crippen molar-refractivity contribution in [1.82, 2.24) is 4.57 Å². The van der Waals surface area contributed by atoms with Crippen molar-refractivity contribution in [3.8, 4) is 0 Å². The molecule has 3 aliphatic heterocycles. The highest BCUT2D eigenvalue weighted by molar-refractivity contribution is 5.83. The molecule has 0 fully saturated rings. The minimum atomic E-state index is -1.75. The number of aliphatic hydroxyl groups is 1. The van der Waals surface area contributed by atoms with Crippen molar-refractivity contribution < 1.29 is 14.6 Å². The maximum absolute atomic E-state index is 13.4. The molecule has 31 heavy (non-hydrogen) atoms. The van der Waals surface area contributed by atoms with Crippen LogP contribution in [0.25, 0.3) is 0 Å². The third-order valence-electron chi connectivity index (χ3n) is 7.36. The smallest absolute Gasteiger partial charge is 0.343 e. The van der Waals surface area contributed by atoms with Gasteiger partial charge in [-0.2, -0.15) is 0 Å². The van der Waals surface area contributed by atoms with Crippen molar-refractivity contribution >= 4 is 11.7 Å². The highest BCUT2D eigenvalue weighted by Gasteiger charge is 2.48. The van der Waals surface area contributed by atoms with Crippen molar-refractivity contribution in [2.45, 2.75) is 70.7 Å². The second kappa shape index (κ2) is 7.52. The van der Waals surface area contributed by atoms with Gasteiger partial charge in [-0.15, -0.1) is 0 Å². The van der Waals surface area contributed by atoms with E-state index in [4.69, 9.17) is 4.74 Å². The predicted octanol–water partition coefficient (Wildman–Crippen LogP) is 3.43. The molecular formula is C25H30N2O4. The molecule has 0 aliphatic carbocycles. The number of pyridine rings is 1. The van der Waals surface area contributed by atoms with Crippen LogP contribution >= 0.6 is 0 Å². The maximum atomic E-state index is 13.4. The molecule has 1 aromatic carbocycles. The van der Waals surface area contributed by atoms with Crippen molar-refractivity contribution in [3.63, 3.8) is 0 Å². The number of ether oxygens (including phenoxy) is 1. The molecule has 3 atom stereocenters. The Bertz CT molecular complexity index is 1090. The number of anilines is 1. The lowest BCUT2D eigenvalue weighted by Crippen LogP contribution is -2.44. The van der Waals surface area contributed by atoms with E-state index in [1.165, 1.54) is 11.3 Å². The van der Waals surface area contributed by atoms with Crippen molar-refractivity contribution in [2.24, 2.45) is 5.92 Å². The number of unbranched alkanes of at least 4 members (excludes halogenated alkanes) is 2. The number of carbonyl (C=O) groups is 1. The summed E-state index contributed by atoms with van der Waals surface area (Å²) in [5.74, 6) is -0.366. The SMILES string of the molecule is CCCCCN1c2ccccc2CC2Cn3c(cc4c(c3=O)COC(=O)[C@]4(O)CC)C21. The molecule has 0 bridgehead atoms. The molecule has 0 saturated heterocycles. The highest BCUT2D eigenvalue weighted by Crippen LogP contribution is 2.47. The number of nitrogens with zero attached hydrogens (tertiary/aromatic N) is 2. The lowest BCUT2D eigenvalue weighted by molar-refractivity contribution is -0.172. The number of carbonyl (C=O) groups excluding carboxylic acids is 1. The molecule has 0 spiro atoms. The molecule has 1 N–H and O–H groups in total. The lowest BCUT2D eigenvalue weighted by Gasteiger charge is -2.41. The van der Waals surface area contributed by atoms with Crippen LogP contribution < -0.4 is 10.5 Å². The Labute approximate surface area is 182 Å². The first-order chi connectivity index (χ1) is 15.0. The van der Waals surface area contributed by atoms with Crippen molar-refractivity contribution in [3.05, 3.63) is 63.1 Å². The first kappa shape index (κ1) is 20.3. The zero-order chi connectivity index (χ0) is 21.8. The summed E-state index contributed by atoms with van der Waals surface area (Å²) in [7, 11) is 0. The maximum Gasteiger partial charge on any atom is 0.343 e. The largest absolute Gasteiger partial charge is 0.458 e. The number of rotatable bonds is 5. The van der Waals surface area contributed by atoms with Crippen LogP contribution in [-0.4, -0.2) is 22.2 Å². The molecule has 3 aliphatic rings. The predicted molar refractivity (Wildman–Crippen MR) is 118 cm³/mol. The van der Waals surface area contributed by atoms with Crippen molar-refractivity contribution in [2.75, 3.05) is 11.4 Å². The molecule has 0 radical (unpaired) electrons. The average Bonchev–Trinajstić information content (AvgIpc) is 3.15. The second-order valence-electron chi connectivity index (χ2n) is 9.11. The Hall–Kier alpha value is -2.60. The van der Waals surface area contributed by atoms with E-state index < -0.39 is 11.6 Å². The van der Waals surface area contributed by atoms with E-state index >= 15 is 0 Å². The van der Waals surface area contributed by atoms with Gasteiger partial charge in [0.1, 0.15) is 6.61 Å². The fourth-order valence-electron chi connectivity index (χ4n) is 5.71. The molecular weight excluding hydrogens is 392 g/mol. The summed E-state index contributed by atoms with van der Waals surface area (Å²) < 4.78 is 7.06. The third-order valence-corrected chi connectivity index (χ3v) is 7.36. The second-order valence-corrected chi connectivity index (χ2v) is 9.11. The molecule has 6 heteroatoms. The van der Waals surface area contributed by atoms with E-state index in [1.807, 2.05) is 10.6 Å². The minimum Gasteiger partial charge on any atom is -0.458 e. The standard InChI is InChI=1S/C25H30N2O4/c1-3-5-8-11-26-20-10-7-6-9-16(20)12-17-14-27-21(22(17)26)13-19-18(23(27)28)15-31-24(29)25(19,30)4-2/h6-7,9-10,13,17,22,30H,3-5,8,11-12,14-15H2,1-2H3/t17?,22?,25-/m0/s1. The quantitative estimate of drug-likeness (QED) is 0.591. The fraction of sp³-hybridized carbons (Fsp3) is 0.520. The van der Waals surface area contributed by atoms with E-state index in [-0.39, 0.29) is 24.6 Å². The number of para-hydroxylation sites is 1. The number of benzene rings is 1. The lowest BCUT2D eigenvalue weighted by atomic mass is 9.83. The fourth-order valence-corrected chi connectivity index (χ4v) is 5.71. The highest BCUT2D eigenvalue weighted by atomic mass is 16.6. The van der Waals surface area contributed by atoms with Crippen LogP contribution in [0.4, 0.5) is 5.69 Å². The zero-order valence-corrected chi connectivity index (χ0v) is 18.3. The van der Waals surface area contributed by atoms with Crippen LogP contribution in [0.3, 0.4) is 0 Å². The van der Waals surface area contributed by atoms with E-state index in [0.717, 1.165) is 37.9 Å². The summed E-state index contributed by atoms with van der Waals surface area (Å²) in [6, 6.07) is 10.5. The van der Waals surface area contributed by atoms with Gasteiger partial charge in [-0.05, 0) is 37.0 Å². The molecule has 1 aromatic heterocycles. The van der Waals surface area contributed by atoms with E-state index in [9.17, 15) is 14.7 Å². The van der Waals surface area contributed by atoms with Crippen molar-refractivity contribution in [1.29, 1.82) is 0 Å². The number of esters is 1. The van der Waals surface area contributed by atoms with Crippen LogP contribution in [0.2, 0.25) is 0 Å². The molecule has 0 saturated carbocycles. The molecule has 5 rings (SSSR count). The average molecular weight is 423 g/mol. The topological polar surface area (TPSA) is 71.8 Å². The Morgan fingerprint density at radius 1 is 1.19 bits per heavy atom. The molecule has 164 valence electrons. The summed E-state index contributed by atoms with van der Waals surface area (Å²) in [6.45, 7) is 5.47. The van der Waals surface area contributed by atoms with Gasteiger partial charge in [0, 0.05) is 36.0 Å². The monoisotopic (exact) mass is 422 g/mol. The summed E-state index contributed by atoms with van der Waals surface area (Å²) in [5, 5.41) is 11.1. The Morgan fingerprint density at radius 3 is 2.77 bits per heavy atom. The minimum absolute atomic E-state index is 0.0641. The normalized spacial score (nSPS) is 26.0. The van der Waals surface area contributed by atoms with Crippen LogP contribution in [0.1, 0.15) is 68.0 Å². The summed E-state index contributed by atoms with van der Waals surface area (Å²) in [6.07, 6.45) is 4.50. The van der Waals surface area contributed by atoms with Gasteiger partial charge in [0.05, 0.1) is 11.6 Å². The van der Waals surface area contributed by atoms with E-state index in [1.54, 1.807) is 6.92 Å². The first-order valence-corrected chi connectivity index (χ1v) is 11.5. The number of hydrogen-bond acceptors (Lipinski definition) is 5. The van der Waals surface area contributed by atoms with Gasteiger partial charge in [-0.25, -0.2) is 4.79 Å². The van der Waals surface area contributed by atoms with Gasteiger partial charge in [-0.3, -0.25) is 4.79 Å². The molecule has 0 amide bonds. The van der Waals surface area contributed by atoms with Gasteiger partial charge >= 0.3 is 5.97 Å². The Kier molecular flexibility index (Phi) is 4.93. The number of aromatic nitrogens is 1. The number of hydrogen-bond donors (Lipinski definition) is 1. The van der Waals surface area contributed by atoms with Gasteiger partial charge < -0.3 is 19.3 Å². The molecule has 6 nitrogen and oxygen atoms in total. The molecule has 2 aromatic rings. The van der Waals surface area contributed by atoms with Crippen LogP contribution in [0, 0.1) is 5.92 Å². The van der Waals surface area contributed by atoms with Crippen LogP contribution in [-0.2, 0) is 34.7 Å². The summed E-state index contributed by atoms with van der Waals surface area (Å²) >= 11 is 0. The zero-order valence-electron chi connectivity index (χ0n) is 18.3. The number of cyclic esters (lactones) is 1. The van der Waals surface area contributed by atoms with E-state index in [2.05, 4.69) is 36.1 Å². The van der Waals surface area contributed by atoms with Gasteiger partial charge in [-0.1, -0.05) is 44.9 Å². The molecule has 4 heterocycles. The van der Waals surface area contributed by atoms with Crippen LogP contribution in [0.15, 0.2) is 35.1 Å². The van der Waals surface area contributed by atoms with Gasteiger partial charge in [0.25, 0.3) is 5.56 Å². The van der Waals surface area contributed by atoms with Gasteiger partial charge in [0.15, 0.2) is 5.60 Å². The number of fused-ring (bicyclic) bond motifs is 5. The Morgan fingerprint density at radius 2 is 2.00 bits per heavy atom. The van der Waals surface area contributed by atoms with E-state index in [0.29, 0.717) is 23.6 Å². The Balaban J connectivity index is 1.65. The first-order valence-electron chi connectivity index (χ1n) is 11.5. The summed E-state index contributed by atoms with van der Waals surface area (Å²) in [4.78, 5) is 28.3.